The lowest BCUT2D eigenvalue weighted by atomic mass is 9.94. The van der Waals surface area contributed by atoms with E-state index in [9.17, 15) is 0 Å². The van der Waals surface area contributed by atoms with Crippen molar-refractivity contribution in [2.75, 3.05) is 33.4 Å². The maximum atomic E-state index is 7.84. The first-order valence-electron chi connectivity index (χ1n) is 7.31. The molecule has 1 fully saturated rings. The quantitative estimate of drug-likeness (QED) is 0.617. The van der Waals surface area contributed by atoms with Crippen LogP contribution in [-0.4, -0.2) is 44.1 Å². The van der Waals surface area contributed by atoms with Gasteiger partial charge in [-0.15, -0.1) is 0 Å². The standard InChI is InChI=1S/C16H25N3O/c1-20-12-13-7-9-19(10-8-13)11-15(16(17)18)14-5-3-2-4-6-14/h2-6,13,15H,7-12H2,1H3,(H3,17,18). The van der Waals surface area contributed by atoms with Crippen molar-refractivity contribution in [3.05, 3.63) is 35.9 Å². The van der Waals surface area contributed by atoms with Crippen LogP contribution in [0.15, 0.2) is 30.3 Å². The Hall–Kier alpha value is -1.39. The number of hydrogen-bond acceptors (Lipinski definition) is 3. The molecule has 1 heterocycles. The zero-order chi connectivity index (χ0) is 14.4. The summed E-state index contributed by atoms with van der Waals surface area (Å²) in [5.74, 6) is 0.953. The van der Waals surface area contributed by atoms with Crippen LogP contribution in [0.3, 0.4) is 0 Å². The van der Waals surface area contributed by atoms with Gasteiger partial charge in [0.2, 0.25) is 0 Å². The summed E-state index contributed by atoms with van der Waals surface area (Å²) >= 11 is 0. The maximum Gasteiger partial charge on any atom is 0.0995 e. The van der Waals surface area contributed by atoms with E-state index in [-0.39, 0.29) is 11.8 Å². The molecule has 0 saturated carbocycles. The fourth-order valence-electron chi connectivity index (χ4n) is 2.90. The van der Waals surface area contributed by atoms with Crippen LogP contribution in [0.25, 0.3) is 0 Å². The number of likely N-dealkylation sites (tertiary alicyclic amines) is 1. The van der Waals surface area contributed by atoms with Crippen molar-refractivity contribution in [1.82, 2.24) is 4.90 Å². The number of amidine groups is 1. The van der Waals surface area contributed by atoms with E-state index >= 15 is 0 Å². The maximum absolute atomic E-state index is 7.84. The molecule has 1 aliphatic rings. The van der Waals surface area contributed by atoms with E-state index in [4.69, 9.17) is 15.9 Å². The van der Waals surface area contributed by atoms with Crippen LogP contribution in [-0.2, 0) is 4.74 Å². The highest BCUT2D eigenvalue weighted by Gasteiger charge is 2.23. The van der Waals surface area contributed by atoms with Crippen LogP contribution in [0.1, 0.15) is 24.3 Å². The average Bonchev–Trinajstić information content (AvgIpc) is 2.47. The first-order chi connectivity index (χ1) is 9.70. The Morgan fingerprint density at radius 1 is 1.35 bits per heavy atom. The second-order valence-corrected chi connectivity index (χ2v) is 5.62. The van der Waals surface area contributed by atoms with E-state index in [0.29, 0.717) is 5.92 Å². The molecule has 1 aromatic rings. The first kappa shape index (κ1) is 15.0. The van der Waals surface area contributed by atoms with Gasteiger partial charge in [-0.05, 0) is 37.4 Å². The monoisotopic (exact) mass is 275 g/mol. The Balaban J connectivity index is 1.92. The minimum atomic E-state index is 0.00942. The molecule has 2 rings (SSSR count). The summed E-state index contributed by atoms with van der Waals surface area (Å²) < 4.78 is 5.23. The molecule has 0 aromatic heterocycles. The smallest absolute Gasteiger partial charge is 0.0995 e. The van der Waals surface area contributed by atoms with Crippen LogP contribution in [0.4, 0.5) is 0 Å². The van der Waals surface area contributed by atoms with Gasteiger partial charge in [0.1, 0.15) is 0 Å². The molecule has 0 radical (unpaired) electrons. The molecule has 0 spiro atoms. The largest absolute Gasteiger partial charge is 0.387 e. The summed E-state index contributed by atoms with van der Waals surface area (Å²) in [4.78, 5) is 2.42. The predicted molar refractivity (Wildman–Crippen MR) is 82.1 cm³/mol. The Labute approximate surface area is 121 Å². The Kier molecular flexibility index (Phi) is 5.56. The van der Waals surface area contributed by atoms with Gasteiger partial charge in [0.15, 0.2) is 0 Å². The van der Waals surface area contributed by atoms with Gasteiger partial charge in [-0.2, -0.15) is 0 Å². The molecule has 1 aromatic carbocycles. The van der Waals surface area contributed by atoms with E-state index in [2.05, 4.69) is 17.0 Å². The molecule has 3 N–H and O–H groups in total. The third kappa shape index (κ3) is 4.05. The van der Waals surface area contributed by atoms with Crippen molar-refractivity contribution < 1.29 is 4.74 Å². The van der Waals surface area contributed by atoms with Crippen LogP contribution in [0.2, 0.25) is 0 Å². The van der Waals surface area contributed by atoms with Crippen molar-refractivity contribution >= 4 is 5.84 Å². The van der Waals surface area contributed by atoms with E-state index in [0.717, 1.165) is 31.8 Å². The second-order valence-electron chi connectivity index (χ2n) is 5.62. The molecule has 1 saturated heterocycles. The highest BCUT2D eigenvalue weighted by Crippen LogP contribution is 2.22. The van der Waals surface area contributed by atoms with Crippen molar-refractivity contribution in [3.63, 3.8) is 0 Å². The summed E-state index contributed by atoms with van der Waals surface area (Å²) in [5, 5.41) is 7.84. The van der Waals surface area contributed by atoms with Gasteiger partial charge in [-0.25, -0.2) is 0 Å². The van der Waals surface area contributed by atoms with Crippen LogP contribution in [0, 0.1) is 11.3 Å². The molecule has 4 heteroatoms. The third-order valence-electron chi connectivity index (χ3n) is 4.13. The molecule has 20 heavy (non-hydrogen) atoms. The van der Waals surface area contributed by atoms with Crippen LogP contribution in [0.5, 0.6) is 0 Å². The Bertz CT molecular complexity index is 413. The lowest BCUT2D eigenvalue weighted by Crippen LogP contribution is -2.40. The normalized spacial score (nSPS) is 18.9. The molecule has 4 nitrogen and oxygen atoms in total. The fraction of sp³-hybridized carbons (Fsp3) is 0.562. The first-order valence-corrected chi connectivity index (χ1v) is 7.31. The second kappa shape index (κ2) is 7.41. The van der Waals surface area contributed by atoms with Crippen molar-refractivity contribution in [2.24, 2.45) is 11.7 Å². The minimum absolute atomic E-state index is 0.00942. The number of benzene rings is 1. The number of rotatable bonds is 6. The van der Waals surface area contributed by atoms with Gasteiger partial charge >= 0.3 is 0 Å². The highest BCUT2D eigenvalue weighted by atomic mass is 16.5. The van der Waals surface area contributed by atoms with Gasteiger partial charge in [0, 0.05) is 20.3 Å². The lowest BCUT2D eigenvalue weighted by molar-refractivity contribution is 0.0990. The molecule has 0 aliphatic carbocycles. The van der Waals surface area contributed by atoms with Gasteiger partial charge < -0.3 is 15.4 Å². The molecule has 1 atom stereocenters. The number of ether oxygens (including phenoxy) is 1. The SMILES string of the molecule is COCC1CCN(CC(C(=N)N)c2ccccc2)CC1. The zero-order valence-corrected chi connectivity index (χ0v) is 12.2. The van der Waals surface area contributed by atoms with Crippen molar-refractivity contribution in [1.29, 1.82) is 5.41 Å². The Morgan fingerprint density at radius 3 is 2.55 bits per heavy atom. The lowest BCUT2D eigenvalue weighted by Gasteiger charge is -2.33. The van der Waals surface area contributed by atoms with Gasteiger partial charge in [0.25, 0.3) is 0 Å². The molecule has 110 valence electrons. The number of nitrogens with zero attached hydrogens (tertiary/aromatic N) is 1. The number of nitrogens with one attached hydrogen (secondary N) is 1. The van der Waals surface area contributed by atoms with Gasteiger partial charge in [0.05, 0.1) is 11.8 Å². The summed E-state index contributed by atoms with van der Waals surface area (Å²) in [6.45, 7) is 3.86. The fourth-order valence-corrected chi connectivity index (χ4v) is 2.90. The molecule has 1 aliphatic heterocycles. The van der Waals surface area contributed by atoms with Crippen molar-refractivity contribution in [2.45, 2.75) is 18.8 Å². The van der Waals surface area contributed by atoms with Crippen LogP contribution >= 0.6 is 0 Å². The average molecular weight is 275 g/mol. The molecule has 0 bridgehead atoms. The molecule has 1 unspecified atom stereocenters. The summed E-state index contributed by atoms with van der Waals surface area (Å²) in [6.07, 6.45) is 2.35. The van der Waals surface area contributed by atoms with Crippen molar-refractivity contribution in [3.8, 4) is 0 Å². The van der Waals surface area contributed by atoms with E-state index < -0.39 is 0 Å². The topological polar surface area (TPSA) is 62.3 Å². The highest BCUT2D eigenvalue weighted by molar-refractivity contribution is 5.84. The molecular weight excluding hydrogens is 250 g/mol. The van der Waals surface area contributed by atoms with E-state index in [1.165, 1.54) is 12.8 Å². The number of nitrogens with two attached hydrogens (primary N) is 1. The number of hydrogen-bond donors (Lipinski definition) is 2. The summed E-state index contributed by atoms with van der Waals surface area (Å²) in [7, 11) is 1.77. The third-order valence-corrected chi connectivity index (χ3v) is 4.13. The minimum Gasteiger partial charge on any atom is -0.387 e. The van der Waals surface area contributed by atoms with E-state index in [1.54, 1.807) is 7.11 Å². The van der Waals surface area contributed by atoms with E-state index in [1.807, 2.05) is 18.2 Å². The Morgan fingerprint density at radius 2 is 2.00 bits per heavy atom. The molecule has 0 amide bonds. The number of methoxy groups -OCH3 is 1. The summed E-state index contributed by atoms with van der Waals surface area (Å²) in [5.41, 5.74) is 6.94. The number of piperidine rings is 1. The summed E-state index contributed by atoms with van der Waals surface area (Å²) in [6, 6.07) is 10.1. The van der Waals surface area contributed by atoms with Gasteiger partial charge in [-0.1, -0.05) is 30.3 Å². The predicted octanol–water partition coefficient (Wildman–Crippen LogP) is 2.06. The molecular formula is C16H25N3O. The van der Waals surface area contributed by atoms with Gasteiger partial charge in [-0.3, -0.25) is 5.41 Å². The van der Waals surface area contributed by atoms with Crippen LogP contribution < -0.4 is 5.73 Å². The zero-order valence-electron chi connectivity index (χ0n) is 12.2.